The van der Waals surface area contributed by atoms with E-state index in [1.54, 1.807) is 0 Å². The smallest absolute Gasteiger partial charge is 0.225 e. The molecule has 0 saturated carbocycles. The molecule has 0 aromatic carbocycles. The fraction of sp³-hybridized carbons (Fsp3) is 0.944. The van der Waals surface area contributed by atoms with Gasteiger partial charge in [-0.2, -0.15) is 0 Å². The fourth-order valence-electron chi connectivity index (χ4n) is 4.21. The lowest BCUT2D eigenvalue weighted by Gasteiger charge is -2.44. The van der Waals surface area contributed by atoms with Gasteiger partial charge in [-0.15, -0.1) is 0 Å². The SMILES string of the molecule is CC(C)(C)N1CCC(C(=O)N2CCC(N3CCC3)CC2)CC1. The molecule has 4 heteroatoms. The van der Waals surface area contributed by atoms with E-state index in [4.69, 9.17) is 0 Å². The van der Waals surface area contributed by atoms with Crippen molar-refractivity contribution in [1.82, 2.24) is 14.7 Å². The Morgan fingerprint density at radius 2 is 1.45 bits per heavy atom. The van der Waals surface area contributed by atoms with E-state index in [9.17, 15) is 4.79 Å². The first-order valence-corrected chi connectivity index (χ1v) is 9.23. The summed E-state index contributed by atoms with van der Waals surface area (Å²) in [4.78, 5) is 20.0. The Hall–Kier alpha value is -0.610. The monoisotopic (exact) mass is 307 g/mol. The van der Waals surface area contributed by atoms with Gasteiger partial charge in [-0.25, -0.2) is 0 Å². The first-order valence-electron chi connectivity index (χ1n) is 9.23. The molecule has 0 aromatic rings. The summed E-state index contributed by atoms with van der Waals surface area (Å²) in [5.74, 6) is 0.717. The van der Waals surface area contributed by atoms with E-state index in [-0.39, 0.29) is 11.5 Å². The number of rotatable bonds is 2. The minimum atomic E-state index is 0.240. The van der Waals surface area contributed by atoms with Gasteiger partial charge in [0.2, 0.25) is 5.91 Å². The molecule has 1 amide bonds. The zero-order valence-corrected chi connectivity index (χ0v) is 14.7. The van der Waals surface area contributed by atoms with E-state index in [2.05, 4.69) is 35.5 Å². The quantitative estimate of drug-likeness (QED) is 0.782. The maximum atomic E-state index is 12.8. The van der Waals surface area contributed by atoms with Gasteiger partial charge in [0, 0.05) is 30.6 Å². The lowest BCUT2D eigenvalue weighted by Crippen LogP contribution is -2.53. The van der Waals surface area contributed by atoms with E-state index >= 15 is 0 Å². The average molecular weight is 307 g/mol. The molecule has 3 heterocycles. The van der Waals surface area contributed by atoms with Crippen LogP contribution in [0.1, 0.15) is 52.9 Å². The van der Waals surface area contributed by atoms with Gasteiger partial charge in [0.25, 0.3) is 0 Å². The van der Waals surface area contributed by atoms with Crippen LogP contribution in [0.5, 0.6) is 0 Å². The first kappa shape index (κ1) is 16.3. The predicted molar refractivity (Wildman–Crippen MR) is 89.8 cm³/mol. The van der Waals surface area contributed by atoms with Crippen LogP contribution in [-0.4, -0.2) is 71.5 Å². The lowest BCUT2D eigenvalue weighted by molar-refractivity contribution is -0.139. The van der Waals surface area contributed by atoms with Gasteiger partial charge in [0.1, 0.15) is 0 Å². The topological polar surface area (TPSA) is 26.8 Å². The number of hydrogen-bond donors (Lipinski definition) is 0. The van der Waals surface area contributed by atoms with Crippen molar-refractivity contribution in [3.63, 3.8) is 0 Å². The maximum absolute atomic E-state index is 12.8. The highest BCUT2D eigenvalue weighted by molar-refractivity contribution is 5.79. The maximum Gasteiger partial charge on any atom is 0.225 e. The number of piperidine rings is 2. The molecule has 0 spiro atoms. The van der Waals surface area contributed by atoms with Gasteiger partial charge >= 0.3 is 0 Å². The summed E-state index contributed by atoms with van der Waals surface area (Å²) in [6, 6.07) is 0.750. The zero-order chi connectivity index (χ0) is 15.7. The van der Waals surface area contributed by atoms with Crippen molar-refractivity contribution in [2.24, 2.45) is 5.92 Å². The second-order valence-corrected chi connectivity index (χ2v) is 8.38. The normalized spacial score (nSPS) is 27.0. The van der Waals surface area contributed by atoms with Crippen molar-refractivity contribution in [2.75, 3.05) is 39.3 Å². The van der Waals surface area contributed by atoms with Crippen LogP contribution in [0.15, 0.2) is 0 Å². The van der Waals surface area contributed by atoms with Crippen molar-refractivity contribution < 1.29 is 4.79 Å². The number of likely N-dealkylation sites (tertiary alicyclic amines) is 3. The van der Waals surface area contributed by atoms with Crippen LogP contribution in [0.2, 0.25) is 0 Å². The van der Waals surface area contributed by atoms with Crippen molar-refractivity contribution >= 4 is 5.91 Å². The van der Waals surface area contributed by atoms with Crippen molar-refractivity contribution in [2.45, 2.75) is 64.5 Å². The summed E-state index contributed by atoms with van der Waals surface area (Å²) in [6.07, 6.45) is 5.83. The number of nitrogens with zero attached hydrogens (tertiary/aromatic N) is 3. The van der Waals surface area contributed by atoms with Crippen LogP contribution < -0.4 is 0 Å². The van der Waals surface area contributed by atoms with Gasteiger partial charge in [0.15, 0.2) is 0 Å². The molecule has 0 radical (unpaired) electrons. The highest BCUT2D eigenvalue weighted by Gasteiger charge is 2.34. The molecule has 0 aliphatic carbocycles. The van der Waals surface area contributed by atoms with Gasteiger partial charge < -0.3 is 9.80 Å². The van der Waals surface area contributed by atoms with E-state index in [0.717, 1.165) is 45.1 Å². The van der Waals surface area contributed by atoms with Crippen LogP contribution in [0.25, 0.3) is 0 Å². The molecule has 22 heavy (non-hydrogen) atoms. The van der Waals surface area contributed by atoms with Gasteiger partial charge in [-0.05, 0) is 79.1 Å². The Labute approximate surface area is 135 Å². The Kier molecular flexibility index (Phi) is 4.79. The molecular formula is C18H33N3O. The molecule has 4 nitrogen and oxygen atoms in total. The molecule has 0 N–H and O–H groups in total. The van der Waals surface area contributed by atoms with E-state index in [1.165, 1.54) is 32.4 Å². The Balaban J connectivity index is 1.45. The second-order valence-electron chi connectivity index (χ2n) is 8.38. The van der Waals surface area contributed by atoms with Crippen LogP contribution in [0.3, 0.4) is 0 Å². The minimum Gasteiger partial charge on any atom is -0.342 e. The van der Waals surface area contributed by atoms with Crippen molar-refractivity contribution in [3.05, 3.63) is 0 Å². The highest BCUT2D eigenvalue weighted by atomic mass is 16.2. The van der Waals surface area contributed by atoms with Crippen LogP contribution >= 0.6 is 0 Å². The Bertz CT molecular complexity index is 384. The van der Waals surface area contributed by atoms with Crippen LogP contribution in [0, 0.1) is 5.92 Å². The van der Waals surface area contributed by atoms with Gasteiger partial charge in [-0.1, -0.05) is 0 Å². The summed E-state index contributed by atoms with van der Waals surface area (Å²) in [5.41, 5.74) is 0.240. The fourth-order valence-corrected chi connectivity index (χ4v) is 4.21. The molecule has 3 aliphatic rings. The van der Waals surface area contributed by atoms with Crippen molar-refractivity contribution in [1.29, 1.82) is 0 Å². The summed E-state index contributed by atoms with van der Waals surface area (Å²) in [5, 5.41) is 0. The highest BCUT2D eigenvalue weighted by Crippen LogP contribution is 2.27. The summed E-state index contributed by atoms with van der Waals surface area (Å²) >= 11 is 0. The molecule has 3 fully saturated rings. The molecule has 3 aliphatic heterocycles. The summed E-state index contributed by atoms with van der Waals surface area (Å²) in [7, 11) is 0. The third-order valence-corrected chi connectivity index (χ3v) is 5.98. The number of carbonyl (C=O) groups is 1. The number of amides is 1. The largest absolute Gasteiger partial charge is 0.342 e. The van der Waals surface area contributed by atoms with E-state index in [1.807, 2.05) is 0 Å². The zero-order valence-electron chi connectivity index (χ0n) is 14.7. The number of carbonyl (C=O) groups excluding carboxylic acids is 1. The molecule has 126 valence electrons. The van der Waals surface area contributed by atoms with Crippen molar-refractivity contribution in [3.8, 4) is 0 Å². The van der Waals surface area contributed by atoms with Gasteiger partial charge in [-0.3, -0.25) is 9.69 Å². The molecule has 0 atom stereocenters. The molecule has 3 saturated heterocycles. The summed E-state index contributed by atoms with van der Waals surface area (Å²) < 4.78 is 0. The standard InChI is InChI=1S/C18H33N3O/c1-18(2,3)21-13-5-15(6-14-21)17(22)20-11-7-16(8-12-20)19-9-4-10-19/h15-16H,4-14H2,1-3H3. The first-order chi connectivity index (χ1) is 10.4. The molecule has 0 unspecified atom stereocenters. The Morgan fingerprint density at radius 3 is 1.91 bits per heavy atom. The van der Waals surface area contributed by atoms with E-state index in [0.29, 0.717) is 5.91 Å². The predicted octanol–water partition coefficient (Wildman–Crippen LogP) is 2.19. The summed E-state index contributed by atoms with van der Waals surface area (Å²) in [6.45, 7) is 13.5. The third kappa shape index (κ3) is 3.48. The van der Waals surface area contributed by atoms with E-state index < -0.39 is 0 Å². The van der Waals surface area contributed by atoms with Crippen LogP contribution in [0.4, 0.5) is 0 Å². The average Bonchev–Trinajstić information content (AvgIpc) is 2.45. The minimum absolute atomic E-state index is 0.240. The molecule has 3 rings (SSSR count). The third-order valence-electron chi connectivity index (χ3n) is 5.98. The molecular weight excluding hydrogens is 274 g/mol. The molecule has 0 aromatic heterocycles. The van der Waals surface area contributed by atoms with Gasteiger partial charge in [0.05, 0.1) is 0 Å². The number of hydrogen-bond acceptors (Lipinski definition) is 3. The molecule has 0 bridgehead atoms. The second kappa shape index (κ2) is 6.48. The van der Waals surface area contributed by atoms with Crippen LogP contribution in [-0.2, 0) is 4.79 Å². The lowest BCUT2D eigenvalue weighted by atomic mass is 9.91. The Morgan fingerprint density at radius 1 is 0.864 bits per heavy atom.